The maximum Gasteiger partial charge on any atom is 0.331 e. The van der Waals surface area contributed by atoms with Gasteiger partial charge in [-0.3, -0.25) is 0 Å². The van der Waals surface area contributed by atoms with Gasteiger partial charge in [0, 0.05) is 6.08 Å². The Morgan fingerprint density at radius 3 is 2.15 bits per heavy atom. The molecule has 0 spiro atoms. The van der Waals surface area contributed by atoms with Crippen LogP contribution >= 0.6 is 0 Å². The number of hydrogen-bond acceptors (Lipinski definition) is 15. The van der Waals surface area contributed by atoms with Crippen LogP contribution in [0, 0.1) is 0 Å². The highest BCUT2D eigenvalue weighted by Crippen LogP contribution is 2.32. The number of aliphatic hydroxyl groups is 5. The lowest BCUT2D eigenvalue weighted by Gasteiger charge is -2.45. The summed E-state index contributed by atoms with van der Waals surface area (Å²) < 4.78 is 49.6. The highest BCUT2D eigenvalue weighted by molar-refractivity contribution is 5.87. The van der Waals surface area contributed by atoms with Crippen molar-refractivity contribution in [3.8, 4) is 23.0 Å². The number of aliphatic hydroxyl groups excluding tert-OH is 5. The van der Waals surface area contributed by atoms with Crippen LogP contribution in [0.5, 0.6) is 23.0 Å². The van der Waals surface area contributed by atoms with Gasteiger partial charge < -0.3 is 68.2 Å². The van der Waals surface area contributed by atoms with Gasteiger partial charge in [-0.05, 0) is 47.9 Å². The second-order valence-electron chi connectivity index (χ2n) is 10.7. The molecule has 0 saturated carbocycles. The monoisotopic (exact) mass is 666 g/mol. The van der Waals surface area contributed by atoms with Gasteiger partial charge in [0.05, 0.1) is 48.3 Å². The fourth-order valence-corrected chi connectivity index (χ4v) is 5.15. The van der Waals surface area contributed by atoms with Crippen molar-refractivity contribution in [3.63, 3.8) is 0 Å². The zero-order valence-electron chi connectivity index (χ0n) is 26.5. The predicted molar refractivity (Wildman–Crippen MR) is 162 cm³/mol. The predicted octanol–water partition coefficient (Wildman–Crippen LogP) is -0.192. The maximum absolute atomic E-state index is 13.0. The van der Waals surface area contributed by atoms with Crippen LogP contribution in [0.4, 0.5) is 0 Å². The van der Waals surface area contributed by atoms with Crippen molar-refractivity contribution in [1.82, 2.24) is 0 Å². The minimum absolute atomic E-state index is 0.0497. The minimum Gasteiger partial charge on any atom is -0.493 e. The van der Waals surface area contributed by atoms with Crippen LogP contribution in [0.1, 0.15) is 11.1 Å². The molecular formula is C32H42O15. The number of carbonyl (C=O) groups excluding carboxylic acids is 1. The summed E-state index contributed by atoms with van der Waals surface area (Å²) in [6.07, 6.45) is -10.4. The van der Waals surface area contributed by atoms with Crippen molar-refractivity contribution in [2.45, 2.75) is 61.7 Å². The molecule has 2 aliphatic heterocycles. The number of benzene rings is 2. The van der Waals surface area contributed by atoms with E-state index in [-0.39, 0.29) is 13.2 Å². The lowest BCUT2D eigenvalue weighted by molar-refractivity contribution is -0.349. The smallest absolute Gasteiger partial charge is 0.331 e. The van der Waals surface area contributed by atoms with Gasteiger partial charge in [-0.2, -0.15) is 0 Å². The second kappa shape index (κ2) is 17.1. The molecule has 0 radical (unpaired) electrons. The molecule has 260 valence electrons. The largest absolute Gasteiger partial charge is 0.493 e. The summed E-state index contributed by atoms with van der Waals surface area (Å²) in [4.78, 5) is 13.0. The molecule has 0 unspecified atom stereocenters. The standard InChI is InChI=1S/C32H42O15/c1-39-20-8-5-17(13-22(20)41-3)7-10-25(35)46-29-24(15-33)45-32(43-12-11-18-6-9-21(40-2)23(14-18)42-4)28(38)30(29)47-31-27(37)26(36)19(34)16-44-31/h5-10,13-14,19,24,26-34,36-38H,11-12,15-16H2,1-4H3/b10-7+/t19-,24-,26+,27-,28-,29-,30-,31+,32-/m1/s1. The minimum atomic E-state index is -1.72. The van der Waals surface area contributed by atoms with E-state index < -0.39 is 67.9 Å². The fraction of sp³-hybridized carbons (Fsp3) is 0.531. The Hall–Kier alpha value is -3.51. The number of methoxy groups -OCH3 is 4. The van der Waals surface area contributed by atoms with E-state index in [9.17, 15) is 30.3 Å². The molecule has 15 nitrogen and oxygen atoms in total. The summed E-state index contributed by atoms with van der Waals surface area (Å²) in [6, 6.07) is 10.3. The second-order valence-corrected chi connectivity index (χ2v) is 10.7. The van der Waals surface area contributed by atoms with Crippen LogP contribution in [0.2, 0.25) is 0 Å². The lowest BCUT2D eigenvalue weighted by Crippen LogP contribution is -2.64. The van der Waals surface area contributed by atoms with Crippen LogP contribution in [0.15, 0.2) is 42.5 Å². The molecule has 0 amide bonds. The van der Waals surface area contributed by atoms with Gasteiger partial charge in [-0.1, -0.05) is 12.1 Å². The first kappa shape index (κ1) is 36.3. The molecule has 4 rings (SSSR count). The molecule has 2 aromatic rings. The third-order valence-electron chi connectivity index (χ3n) is 7.73. The van der Waals surface area contributed by atoms with Crippen LogP contribution in [-0.2, 0) is 34.9 Å². The van der Waals surface area contributed by atoms with Crippen LogP contribution in [0.25, 0.3) is 6.08 Å². The van der Waals surface area contributed by atoms with Crippen LogP contribution in [-0.4, -0.2) is 135 Å². The molecule has 0 aliphatic carbocycles. The summed E-state index contributed by atoms with van der Waals surface area (Å²) in [5.74, 6) is 1.14. The van der Waals surface area contributed by atoms with Gasteiger partial charge in [0.2, 0.25) is 0 Å². The molecule has 0 aromatic heterocycles. The SMILES string of the molecule is COc1ccc(/C=C/C(=O)O[C@H]2[C@H](O[C@@H]3OC[C@@H](O)[C@H](O)[C@H]3O)[C@@H](O)[C@H](OCCc3ccc(OC)c(OC)c3)O[C@@H]2CO)cc1OC. The van der Waals surface area contributed by atoms with Crippen LogP contribution in [0.3, 0.4) is 0 Å². The van der Waals surface area contributed by atoms with Crippen molar-refractivity contribution >= 4 is 12.0 Å². The van der Waals surface area contributed by atoms with E-state index in [0.717, 1.165) is 11.6 Å². The molecule has 5 N–H and O–H groups in total. The Kier molecular flexibility index (Phi) is 13.2. The van der Waals surface area contributed by atoms with Crippen LogP contribution < -0.4 is 18.9 Å². The zero-order valence-corrected chi connectivity index (χ0v) is 26.5. The van der Waals surface area contributed by atoms with Crippen molar-refractivity contribution in [1.29, 1.82) is 0 Å². The molecule has 2 aliphatic rings. The summed E-state index contributed by atoms with van der Waals surface area (Å²) >= 11 is 0. The number of hydrogen-bond donors (Lipinski definition) is 5. The van der Waals surface area contributed by atoms with E-state index in [0.29, 0.717) is 35.0 Å². The molecule has 2 heterocycles. The summed E-state index contributed by atoms with van der Waals surface area (Å²) in [5.41, 5.74) is 1.42. The zero-order chi connectivity index (χ0) is 34.1. The van der Waals surface area contributed by atoms with E-state index in [4.69, 9.17) is 42.6 Å². The average Bonchev–Trinajstić information content (AvgIpc) is 3.09. The van der Waals surface area contributed by atoms with E-state index in [1.165, 1.54) is 34.5 Å². The lowest BCUT2D eigenvalue weighted by atomic mass is 9.97. The van der Waals surface area contributed by atoms with Gasteiger partial charge in [0.15, 0.2) is 41.7 Å². The van der Waals surface area contributed by atoms with E-state index in [2.05, 4.69) is 0 Å². The molecule has 9 atom stereocenters. The molecule has 2 saturated heterocycles. The van der Waals surface area contributed by atoms with Gasteiger partial charge in [0.1, 0.15) is 36.6 Å². The Morgan fingerprint density at radius 2 is 1.49 bits per heavy atom. The van der Waals surface area contributed by atoms with Gasteiger partial charge >= 0.3 is 5.97 Å². The number of carbonyl (C=O) groups is 1. The molecule has 0 bridgehead atoms. The summed E-state index contributed by atoms with van der Waals surface area (Å²) in [5, 5.41) is 52.1. The third kappa shape index (κ3) is 8.90. The number of rotatable bonds is 14. The van der Waals surface area contributed by atoms with Crippen molar-refractivity contribution in [3.05, 3.63) is 53.6 Å². The van der Waals surface area contributed by atoms with E-state index >= 15 is 0 Å². The number of ether oxygens (including phenoxy) is 9. The first-order valence-electron chi connectivity index (χ1n) is 14.8. The summed E-state index contributed by atoms with van der Waals surface area (Å²) in [7, 11) is 6.01. The maximum atomic E-state index is 13.0. The first-order valence-corrected chi connectivity index (χ1v) is 14.8. The highest BCUT2D eigenvalue weighted by atomic mass is 16.7. The molecule has 2 aromatic carbocycles. The van der Waals surface area contributed by atoms with E-state index in [1.807, 2.05) is 6.07 Å². The van der Waals surface area contributed by atoms with Crippen molar-refractivity contribution in [2.24, 2.45) is 0 Å². The molecule has 2 fully saturated rings. The Morgan fingerprint density at radius 1 is 0.830 bits per heavy atom. The molecule has 15 heteroatoms. The quantitative estimate of drug-likeness (QED) is 0.131. The topological polar surface area (TPSA) is 201 Å². The highest BCUT2D eigenvalue weighted by Gasteiger charge is 2.51. The Bertz CT molecular complexity index is 1340. The van der Waals surface area contributed by atoms with Crippen molar-refractivity contribution in [2.75, 3.05) is 48.3 Å². The molecular weight excluding hydrogens is 624 g/mol. The third-order valence-corrected chi connectivity index (χ3v) is 7.73. The summed E-state index contributed by atoms with van der Waals surface area (Å²) in [6.45, 7) is -1.00. The van der Waals surface area contributed by atoms with E-state index in [1.54, 1.807) is 30.3 Å². The average molecular weight is 667 g/mol. The Labute approximate surface area is 271 Å². The normalized spacial score (nSPS) is 29.3. The van der Waals surface area contributed by atoms with Gasteiger partial charge in [0.25, 0.3) is 0 Å². The number of esters is 1. The Balaban J connectivity index is 1.50. The fourth-order valence-electron chi connectivity index (χ4n) is 5.15. The van der Waals surface area contributed by atoms with Gasteiger partial charge in [-0.15, -0.1) is 0 Å². The first-order chi connectivity index (χ1) is 22.6. The molecule has 47 heavy (non-hydrogen) atoms. The van der Waals surface area contributed by atoms with Crippen molar-refractivity contribution < 1.29 is 73.0 Å². The van der Waals surface area contributed by atoms with Gasteiger partial charge in [-0.25, -0.2) is 4.79 Å².